The Morgan fingerprint density at radius 3 is 2.89 bits per heavy atom. The van der Waals surface area contributed by atoms with E-state index < -0.39 is 0 Å². The van der Waals surface area contributed by atoms with Crippen LogP contribution in [-0.4, -0.2) is 9.97 Å². The molecule has 0 atom stereocenters. The number of hydrogen-bond acceptors (Lipinski definition) is 5. The summed E-state index contributed by atoms with van der Waals surface area (Å²) < 4.78 is 5.58. The van der Waals surface area contributed by atoms with Gasteiger partial charge in [0.1, 0.15) is 10.5 Å². The highest BCUT2D eigenvalue weighted by molar-refractivity contribution is 7.99. The second kappa shape index (κ2) is 4.51. The van der Waals surface area contributed by atoms with Gasteiger partial charge in [-0.3, -0.25) is 0 Å². The van der Waals surface area contributed by atoms with E-state index in [1.807, 2.05) is 12.1 Å². The van der Waals surface area contributed by atoms with Crippen molar-refractivity contribution < 1.29 is 4.42 Å². The molecule has 0 fully saturated rings. The van der Waals surface area contributed by atoms with Crippen LogP contribution in [0.15, 0.2) is 51.2 Å². The van der Waals surface area contributed by atoms with Gasteiger partial charge in [-0.2, -0.15) is 0 Å². The first-order valence-corrected chi connectivity index (χ1v) is 6.37. The van der Waals surface area contributed by atoms with Crippen LogP contribution in [0.4, 0.5) is 5.69 Å². The number of hydrogen-bond donors (Lipinski definition) is 1. The highest BCUT2D eigenvalue weighted by Gasteiger charge is 2.11. The SMILES string of the molecule is Nc1cccc2oc(Sc3ncccc3Cl)nc12. The molecule has 4 nitrogen and oxygen atoms in total. The lowest BCUT2D eigenvalue weighted by molar-refractivity contribution is 0.489. The maximum Gasteiger partial charge on any atom is 0.263 e. The Morgan fingerprint density at radius 1 is 1.22 bits per heavy atom. The van der Waals surface area contributed by atoms with Gasteiger partial charge in [-0.15, -0.1) is 0 Å². The monoisotopic (exact) mass is 277 g/mol. The number of rotatable bonds is 2. The van der Waals surface area contributed by atoms with Gasteiger partial charge in [0.25, 0.3) is 5.22 Å². The molecule has 0 spiro atoms. The van der Waals surface area contributed by atoms with Crippen molar-refractivity contribution in [3.05, 3.63) is 41.6 Å². The van der Waals surface area contributed by atoms with Crippen molar-refractivity contribution in [2.75, 3.05) is 5.73 Å². The van der Waals surface area contributed by atoms with Gasteiger partial charge in [-0.25, -0.2) is 9.97 Å². The van der Waals surface area contributed by atoms with E-state index in [9.17, 15) is 0 Å². The number of nitrogens with zero attached hydrogens (tertiary/aromatic N) is 2. The lowest BCUT2D eigenvalue weighted by Crippen LogP contribution is -1.85. The minimum atomic E-state index is 0.475. The van der Waals surface area contributed by atoms with Crippen LogP contribution in [0.2, 0.25) is 5.02 Å². The van der Waals surface area contributed by atoms with E-state index in [2.05, 4.69) is 9.97 Å². The molecule has 0 saturated heterocycles. The molecule has 2 N–H and O–H groups in total. The smallest absolute Gasteiger partial charge is 0.263 e. The molecule has 6 heteroatoms. The maximum absolute atomic E-state index is 6.03. The van der Waals surface area contributed by atoms with Gasteiger partial charge in [0.05, 0.1) is 10.7 Å². The number of nitrogen functional groups attached to an aromatic ring is 1. The largest absolute Gasteiger partial charge is 0.431 e. The molecule has 18 heavy (non-hydrogen) atoms. The predicted octanol–water partition coefficient (Wildman–Crippen LogP) is 3.61. The molecule has 0 bridgehead atoms. The van der Waals surface area contributed by atoms with Crippen LogP contribution in [0.1, 0.15) is 0 Å². The minimum Gasteiger partial charge on any atom is -0.431 e. The fourth-order valence-corrected chi connectivity index (χ4v) is 2.47. The zero-order valence-corrected chi connectivity index (χ0v) is 10.7. The van der Waals surface area contributed by atoms with Crippen LogP contribution in [0.25, 0.3) is 11.1 Å². The summed E-state index contributed by atoms with van der Waals surface area (Å²) in [6.07, 6.45) is 1.67. The van der Waals surface area contributed by atoms with Crippen molar-refractivity contribution >= 4 is 40.1 Å². The Balaban J connectivity index is 2.01. The molecule has 2 heterocycles. The number of oxazole rings is 1. The van der Waals surface area contributed by atoms with Crippen molar-refractivity contribution in [2.24, 2.45) is 0 Å². The van der Waals surface area contributed by atoms with Crippen molar-refractivity contribution in [3.63, 3.8) is 0 Å². The summed E-state index contributed by atoms with van der Waals surface area (Å²) in [5, 5.41) is 1.70. The van der Waals surface area contributed by atoms with E-state index >= 15 is 0 Å². The van der Waals surface area contributed by atoms with Gasteiger partial charge >= 0.3 is 0 Å². The number of halogens is 1. The topological polar surface area (TPSA) is 64.9 Å². The van der Waals surface area contributed by atoms with E-state index in [4.69, 9.17) is 21.8 Å². The zero-order chi connectivity index (χ0) is 12.5. The first kappa shape index (κ1) is 11.4. The molecule has 0 amide bonds. The lowest BCUT2D eigenvalue weighted by Gasteiger charge is -1.97. The van der Waals surface area contributed by atoms with Gasteiger partial charge in [0, 0.05) is 6.20 Å². The predicted molar refractivity (Wildman–Crippen MR) is 71.8 cm³/mol. The second-order valence-electron chi connectivity index (χ2n) is 3.57. The summed E-state index contributed by atoms with van der Waals surface area (Å²) in [5.74, 6) is 0. The quantitative estimate of drug-likeness (QED) is 0.725. The van der Waals surface area contributed by atoms with Crippen LogP contribution >= 0.6 is 23.4 Å². The van der Waals surface area contributed by atoms with E-state index in [1.165, 1.54) is 11.8 Å². The van der Waals surface area contributed by atoms with Crippen LogP contribution in [-0.2, 0) is 0 Å². The summed E-state index contributed by atoms with van der Waals surface area (Å²) in [7, 11) is 0. The Labute approximate surface area is 112 Å². The number of nitrogens with two attached hydrogens (primary N) is 1. The Morgan fingerprint density at radius 2 is 2.11 bits per heavy atom. The van der Waals surface area contributed by atoms with Crippen LogP contribution in [0, 0.1) is 0 Å². The van der Waals surface area contributed by atoms with E-state index in [-0.39, 0.29) is 0 Å². The summed E-state index contributed by atoms with van der Waals surface area (Å²) in [5.41, 5.74) is 7.73. The van der Waals surface area contributed by atoms with Gasteiger partial charge in [0.2, 0.25) is 0 Å². The molecule has 0 unspecified atom stereocenters. The fourth-order valence-electron chi connectivity index (χ4n) is 1.52. The molecule has 90 valence electrons. The minimum absolute atomic E-state index is 0.475. The Bertz CT molecular complexity index is 713. The number of benzene rings is 1. The molecule has 3 aromatic rings. The first-order valence-electron chi connectivity index (χ1n) is 5.17. The molecule has 0 aliphatic carbocycles. The summed E-state index contributed by atoms with van der Waals surface area (Å²) in [4.78, 5) is 8.49. The average molecular weight is 278 g/mol. The van der Waals surface area contributed by atoms with Crippen LogP contribution in [0.3, 0.4) is 0 Å². The first-order chi connectivity index (χ1) is 8.74. The van der Waals surface area contributed by atoms with Gasteiger partial charge in [-0.1, -0.05) is 17.7 Å². The Kier molecular flexibility index (Phi) is 2.85. The van der Waals surface area contributed by atoms with E-state index in [0.29, 0.717) is 32.1 Å². The number of fused-ring (bicyclic) bond motifs is 1. The van der Waals surface area contributed by atoms with E-state index in [0.717, 1.165) is 0 Å². The lowest BCUT2D eigenvalue weighted by atomic mass is 10.3. The number of pyridine rings is 1. The van der Waals surface area contributed by atoms with Crippen molar-refractivity contribution in [1.82, 2.24) is 9.97 Å². The summed E-state index contributed by atoms with van der Waals surface area (Å²) in [6.45, 7) is 0. The highest BCUT2D eigenvalue weighted by atomic mass is 35.5. The molecule has 0 saturated carbocycles. The van der Waals surface area contributed by atoms with Crippen molar-refractivity contribution in [3.8, 4) is 0 Å². The Hall–Kier alpha value is -1.72. The molecule has 3 rings (SSSR count). The molecular weight excluding hydrogens is 270 g/mol. The average Bonchev–Trinajstić information content (AvgIpc) is 2.76. The van der Waals surface area contributed by atoms with E-state index in [1.54, 1.807) is 24.4 Å². The third-order valence-electron chi connectivity index (χ3n) is 2.34. The fraction of sp³-hybridized carbons (Fsp3) is 0. The second-order valence-corrected chi connectivity index (χ2v) is 4.91. The number of para-hydroxylation sites is 1. The summed E-state index contributed by atoms with van der Waals surface area (Å²) in [6, 6.07) is 8.98. The molecule has 2 aromatic heterocycles. The molecule has 1 aromatic carbocycles. The molecule has 0 aliphatic rings. The van der Waals surface area contributed by atoms with Gasteiger partial charge in [-0.05, 0) is 36.0 Å². The van der Waals surface area contributed by atoms with Crippen LogP contribution in [0.5, 0.6) is 0 Å². The van der Waals surface area contributed by atoms with Gasteiger partial charge in [0.15, 0.2) is 5.58 Å². The standard InChI is InChI=1S/C12H8ClN3OS/c13-7-3-2-6-15-11(7)18-12-16-10-8(14)4-1-5-9(10)17-12/h1-6H,14H2. The molecule has 0 aliphatic heterocycles. The normalized spacial score (nSPS) is 10.9. The highest BCUT2D eigenvalue weighted by Crippen LogP contribution is 2.33. The number of anilines is 1. The molecular formula is C12H8ClN3OS. The third-order valence-corrected chi connectivity index (χ3v) is 3.62. The number of aromatic nitrogens is 2. The zero-order valence-electron chi connectivity index (χ0n) is 9.13. The van der Waals surface area contributed by atoms with Crippen LogP contribution < -0.4 is 5.73 Å². The molecule has 0 radical (unpaired) electrons. The summed E-state index contributed by atoms with van der Waals surface area (Å²) >= 11 is 7.30. The maximum atomic E-state index is 6.03. The third kappa shape index (κ3) is 2.02. The van der Waals surface area contributed by atoms with Crippen molar-refractivity contribution in [2.45, 2.75) is 10.2 Å². The van der Waals surface area contributed by atoms with Gasteiger partial charge < -0.3 is 10.2 Å². The van der Waals surface area contributed by atoms with Crippen molar-refractivity contribution in [1.29, 1.82) is 0 Å².